The van der Waals surface area contributed by atoms with Crippen molar-refractivity contribution in [3.8, 4) is 11.3 Å². The SMILES string of the molecule is Cc1ccc(-c2cc(C(=O)[O-])c3cc(Br)ccc3n2)c(C)c1. The van der Waals surface area contributed by atoms with Gasteiger partial charge in [-0.05, 0) is 43.7 Å². The Hall–Kier alpha value is -2.20. The number of fused-ring (bicyclic) bond motifs is 1. The van der Waals surface area contributed by atoms with Crippen LogP contribution in [0, 0.1) is 13.8 Å². The smallest absolute Gasteiger partial charge is 0.0722 e. The monoisotopic (exact) mass is 354 g/mol. The summed E-state index contributed by atoms with van der Waals surface area (Å²) < 4.78 is 0.809. The van der Waals surface area contributed by atoms with Gasteiger partial charge in [0.25, 0.3) is 0 Å². The molecule has 0 saturated carbocycles. The molecule has 0 atom stereocenters. The molecule has 3 nitrogen and oxygen atoms in total. The third-order valence-corrected chi connectivity index (χ3v) is 4.14. The van der Waals surface area contributed by atoms with Crippen molar-refractivity contribution in [2.24, 2.45) is 0 Å². The molecule has 0 aliphatic heterocycles. The lowest BCUT2D eigenvalue weighted by atomic mass is 9.99. The Labute approximate surface area is 136 Å². The van der Waals surface area contributed by atoms with Crippen LogP contribution in [0.2, 0.25) is 0 Å². The number of carboxylic acid groups (broad SMARTS) is 1. The lowest BCUT2D eigenvalue weighted by molar-refractivity contribution is -0.254. The summed E-state index contributed by atoms with van der Waals surface area (Å²) in [6, 6.07) is 13.0. The van der Waals surface area contributed by atoms with Gasteiger partial charge in [-0.25, -0.2) is 4.98 Å². The van der Waals surface area contributed by atoms with Crippen molar-refractivity contribution in [3.05, 3.63) is 63.6 Å². The quantitative estimate of drug-likeness (QED) is 0.705. The standard InChI is InChI=1S/C18H14BrNO2/c1-10-3-5-13(11(2)7-10)17-9-15(18(21)22)14-8-12(19)4-6-16(14)20-17/h3-9H,1-2H3,(H,21,22)/p-1. The molecule has 3 rings (SSSR count). The minimum absolute atomic E-state index is 0.154. The van der Waals surface area contributed by atoms with Crippen LogP contribution in [-0.4, -0.2) is 11.0 Å². The highest BCUT2D eigenvalue weighted by atomic mass is 79.9. The molecule has 0 aliphatic rings. The number of rotatable bonds is 2. The molecule has 110 valence electrons. The lowest BCUT2D eigenvalue weighted by Gasteiger charge is -2.12. The van der Waals surface area contributed by atoms with Gasteiger partial charge in [0.2, 0.25) is 0 Å². The van der Waals surface area contributed by atoms with E-state index in [0.717, 1.165) is 21.2 Å². The first kappa shape index (κ1) is 14.7. The van der Waals surface area contributed by atoms with Crippen molar-refractivity contribution >= 4 is 32.8 Å². The molecule has 0 amide bonds. The van der Waals surface area contributed by atoms with E-state index in [1.807, 2.05) is 32.0 Å². The van der Waals surface area contributed by atoms with Gasteiger partial charge < -0.3 is 9.90 Å². The van der Waals surface area contributed by atoms with Crippen LogP contribution >= 0.6 is 15.9 Å². The summed E-state index contributed by atoms with van der Waals surface area (Å²) in [5.41, 5.74) is 4.59. The first-order valence-corrected chi connectivity index (χ1v) is 7.64. The van der Waals surface area contributed by atoms with E-state index in [9.17, 15) is 9.90 Å². The molecule has 1 aromatic heterocycles. The highest BCUT2D eigenvalue weighted by molar-refractivity contribution is 9.10. The molecule has 0 spiro atoms. The van der Waals surface area contributed by atoms with Crippen LogP contribution in [0.3, 0.4) is 0 Å². The topological polar surface area (TPSA) is 53.0 Å². The number of pyridine rings is 1. The fourth-order valence-corrected chi connectivity index (χ4v) is 2.97. The molecule has 2 aromatic carbocycles. The zero-order valence-corrected chi connectivity index (χ0v) is 13.8. The van der Waals surface area contributed by atoms with Gasteiger partial charge in [-0.15, -0.1) is 0 Å². The second kappa shape index (κ2) is 5.54. The Bertz CT molecular complexity index is 903. The highest BCUT2D eigenvalue weighted by Gasteiger charge is 2.10. The molecule has 1 heterocycles. The van der Waals surface area contributed by atoms with Crippen LogP contribution < -0.4 is 5.11 Å². The molecular weight excluding hydrogens is 342 g/mol. The number of aromatic carboxylic acids is 1. The molecule has 22 heavy (non-hydrogen) atoms. The number of carboxylic acids is 1. The Morgan fingerprint density at radius 2 is 1.86 bits per heavy atom. The van der Waals surface area contributed by atoms with Gasteiger partial charge in [-0.3, -0.25) is 0 Å². The molecule has 4 heteroatoms. The van der Waals surface area contributed by atoms with Gasteiger partial charge in [0, 0.05) is 21.0 Å². The van der Waals surface area contributed by atoms with Gasteiger partial charge in [-0.2, -0.15) is 0 Å². The lowest BCUT2D eigenvalue weighted by Crippen LogP contribution is -2.22. The summed E-state index contributed by atoms with van der Waals surface area (Å²) in [4.78, 5) is 16.1. The van der Waals surface area contributed by atoms with Crippen LogP contribution in [-0.2, 0) is 0 Å². The second-order valence-electron chi connectivity index (χ2n) is 5.32. The second-order valence-corrected chi connectivity index (χ2v) is 6.24. The van der Waals surface area contributed by atoms with E-state index in [1.54, 1.807) is 18.2 Å². The van der Waals surface area contributed by atoms with Crippen molar-refractivity contribution < 1.29 is 9.90 Å². The summed E-state index contributed by atoms with van der Waals surface area (Å²) in [7, 11) is 0. The third-order valence-electron chi connectivity index (χ3n) is 3.65. The Balaban J connectivity index is 2.32. The first-order chi connectivity index (χ1) is 10.5. The predicted octanol–water partition coefficient (Wildman–Crippen LogP) is 3.64. The average molecular weight is 355 g/mol. The summed E-state index contributed by atoms with van der Waals surface area (Å²) >= 11 is 3.36. The van der Waals surface area contributed by atoms with Crippen LogP contribution in [0.15, 0.2) is 46.9 Å². The van der Waals surface area contributed by atoms with Gasteiger partial charge >= 0.3 is 0 Å². The van der Waals surface area contributed by atoms with E-state index < -0.39 is 5.97 Å². The third kappa shape index (κ3) is 2.62. The highest BCUT2D eigenvalue weighted by Crippen LogP contribution is 2.28. The van der Waals surface area contributed by atoms with E-state index in [-0.39, 0.29) is 5.56 Å². The minimum Gasteiger partial charge on any atom is -0.545 e. The average Bonchev–Trinajstić information content (AvgIpc) is 2.46. The van der Waals surface area contributed by atoms with E-state index >= 15 is 0 Å². The van der Waals surface area contributed by atoms with E-state index in [4.69, 9.17) is 0 Å². The maximum atomic E-state index is 11.5. The maximum absolute atomic E-state index is 11.5. The normalized spacial score (nSPS) is 10.9. The zero-order chi connectivity index (χ0) is 15.9. The Kier molecular flexibility index (Phi) is 3.71. The molecule has 0 unspecified atom stereocenters. The summed E-state index contributed by atoms with van der Waals surface area (Å²) in [5.74, 6) is -1.20. The first-order valence-electron chi connectivity index (χ1n) is 6.85. The summed E-state index contributed by atoms with van der Waals surface area (Å²) in [5, 5.41) is 12.1. The van der Waals surface area contributed by atoms with Crippen molar-refractivity contribution in [1.82, 2.24) is 4.98 Å². The molecule has 0 fully saturated rings. The number of carbonyl (C=O) groups is 1. The Morgan fingerprint density at radius 3 is 2.55 bits per heavy atom. The summed E-state index contributed by atoms with van der Waals surface area (Å²) in [6.07, 6.45) is 0. The number of nitrogens with zero attached hydrogens (tertiary/aromatic N) is 1. The van der Waals surface area contributed by atoms with Gasteiger partial charge in [0.05, 0.1) is 17.2 Å². The summed E-state index contributed by atoms with van der Waals surface area (Å²) in [6.45, 7) is 4.02. The van der Waals surface area contributed by atoms with Crippen LogP contribution in [0.5, 0.6) is 0 Å². The fourth-order valence-electron chi connectivity index (χ4n) is 2.61. The van der Waals surface area contributed by atoms with Crippen LogP contribution in [0.25, 0.3) is 22.2 Å². The van der Waals surface area contributed by atoms with Crippen molar-refractivity contribution in [2.75, 3.05) is 0 Å². The van der Waals surface area contributed by atoms with E-state index in [0.29, 0.717) is 16.6 Å². The molecule has 0 radical (unpaired) electrons. The Morgan fingerprint density at radius 1 is 1.09 bits per heavy atom. The number of carbonyl (C=O) groups excluding carboxylic acids is 1. The molecule has 0 N–H and O–H groups in total. The number of benzene rings is 2. The van der Waals surface area contributed by atoms with Crippen molar-refractivity contribution in [1.29, 1.82) is 0 Å². The van der Waals surface area contributed by atoms with Crippen LogP contribution in [0.1, 0.15) is 21.5 Å². The molecule has 3 aromatic rings. The van der Waals surface area contributed by atoms with Gasteiger partial charge in [-0.1, -0.05) is 39.7 Å². The van der Waals surface area contributed by atoms with Gasteiger partial charge in [0.15, 0.2) is 0 Å². The number of aromatic nitrogens is 1. The largest absolute Gasteiger partial charge is 0.545 e. The molecule has 0 bridgehead atoms. The van der Waals surface area contributed by atoms with E-state index in [2.05, 4.69) is 27.0 Å². The van der Waals surface area contributed by atoms with Crippen molar-refractivity contribution in [3.63, 3.8) is 0 Å². The molecule has 0 saturated heterocycles. The number of halogens is 1. The fraction of sp³-hybridized carbons (Fsp3) is 0.111. The number of hydrogen-bond donors (Lipinski definition) is 0. The minimum atomic E-state index is -1.20. The van der Waals surface area contributed by atoms with E-state index in [1.165, 1.54) is 0 Å². The molecular formula is C18H13BrNO2-. The maximum Gasteiger partial charge on any atom is 0.0722 e. The van der Waals surface area contributed by atoms with Gasteiger partial charge in [0.1, 0.15) is 0 Å². The predicted molar refractivity (Wildman–Crippen MR) is 88.7 cm³/mol. The molecule has 0 aliphatic carbocycles. The number of hydrogen-bond acceptors (Lipinski definition) is 3. The van der Waals surface area contributed by atoms with Crippen LogP contribution in [0.4, 0.5) is 0 Å². The number of aryl methyl sites for hydroxylation is 2. The zero-order valence-electron chi connectivity index (χ0n) is 12.2. The van der Waals surface area contributed by atoms with Crippen molar-refractivity contribution in [2.45, 2.75) is 13.8 Å².